The molecule has 134 valence electrons. The molecule has 0 aliphatic rings. The van der Waals surface area contributed by atoms with Crippen LogP contribution in [-0.2, 0) is 4.79 Å². The van der Waals surface area contributed by atoms with Crippen LogP contribution in [0, 0.1) is 27.7 Å². The largest absolute Gasteiger partial charge is 0.480 e. The highest BCUT2D eigenvalue weighted by molar-refractivity contribution is 5.81. The van der Waals surface area contributed by atoms with Crippen LogP contribution >= 0.6 is 0 Å². The highest BCUT2D eigenvalue weighted by Crippen LogP contribution is 2.23. The first-order valence-corrected chi connectivity index (χ1v) is 8.93. The van der Waals surface area contributed by atoms with Crippen molar-refractivity contribution in [3.8, 4) is 5.75 Å². The van der Waals surface area contributed by atoms with E-state index in [1.54, 1.807) is 0 Å². The van der Waals surface area contributed by atoms with Gasteiger partial charge < -0.3 is 10.1 Å². The average molecular weight is 339 g/mol. The van der Waals surface area contributed by atoms with Crippen molar-refractivity contribution >= 4 is 5.91 Å². The third-order valence-corrected chi connectivity index (χ3v) is 4.74. The molecule has 2 atom stereocenters. The van der Waals surface area contributed by atoms with E-state index in [4.69, 9.17) is 4.74 Å². The van der Waals surface area contributed by atoms with E-state index >= 15 is 0 Å². The zero-order chi connectivity index (χ0) is 18.6. The van der Waals surface area contributed by atoms with Gasteiger partial charge in [0.15, 0.2) is 6.10 Å². The zero-order valence-electron chi connectivity index (χ0n) is 16.1. The van der Waals surface area contributed by atoms with Crippen LogP contribution in [0.3, 0.4) is 0 Å². The Kier molecular flexibility index (Phi) is 6.24. The highest BCUT2D eigenvalue weighted by Gasteiger charge is 2.22. The second-order valence-corrected chi connectivity index (χ2v) is 6.80. The average Bonchev–Trinajstić information content (AvgIpc) is 2.55. The molecule has 0 spiro atoms. The van der Waals surface area contributed by atoms with Gasteiger partial charge in [0, 0.05) is 0 Å². The molecular formula is C22H29NO2. The summed E-state index contributed by atoms with van der Waals surface area (Å²) in [6.45, 7) is 12.2. The number of hydrogen-bond acceptors (Lipinski definition) is 2. The van der Waals surface area contributed by atoms with Crippen molar-refractivity contribution in [2.45, 2.75) is 60.1 Å². The minimum absolute atomic E-state index is 0.0515. The lowest BCUT2D eigenvalue weighted by atomic mass is 10.00. The molecule has 1 amide bonds. The van der Waals surface area contributed by atoms with Crippen LogP contribution in [0.2, 0.25) is 0 Å². The quantitative estimate of drug-likeness (QED) is 0.808. The minimum atomic E-state index is -0.492. The van der Waals surface area contributed by atoms with Crippen molar-refractivity contribution in [1.82, 2.24) is 5.32 Å². The maximum atomic E-state index is 12.7. The molecule has 1 N–H and O–H groups in total. The topological polar surface area (TPSA) is 38.3 Å². The van der Waals surface area contributed by atoms with Gasteiger partial charge >= 0.3 is 0 Å². The lowest BCUT2D eigenvalue weighted by Crippen LogP contribution is -2.39. The molecule has 2 rings (SSSR count). The fourth-order valence-electron chi connectivity index (χ4n) is 3.02. The first-order chi connectivity index (χ1) is 11.8. The number of carbonyl (C=O) groups is 1. The fourth-order valence-corrected chi connectivity index (χ4v) is 3.02. The molecule has 25 heavy (non-hydrogen) atoms. The second-order valence-electron chi connectivity index (χ2n) is 6.80. The normalized spacial score (nSPS) is 13.2. The molecule has 0 heterocycles. The Balaban J connectivity index is 2.10. The molecule has 0 fully saturated rings. The number of carbonyl (C=O) groups excluding carboxylic acids is 1. The smallest absolute Gasteiger partial charge is 0.261 e. The summed E-state index contributed by atoms with van der Waals surface area (Å²) >= 11 is 0. The molecule has 2 aromatic carbocycles. The lowest BCUT2D eigenvalue weighted by molar-refractivity contribution is -0.128. The van der Waals surface area contributed by atoms with Gasteiger partial charge in [-0.15, -0.1) is 0 Å². The monoisotopic (exact) mass is 339 g/mol. The van der Waals surface area contributed by atoms with Gasteiger partial charge in [-0.2, -0.15) is 0 Å². The second kappa shape index (κ2) is 8.19. The Hall–Kier alpha value is -2.29. The van der Waals surface area contributed by atoms with Crippen LogP contribution in [0.15, 0.2) is 36.4 Å². The van der Waals surface area contributed by atoms with Gasteiger partial charge in [0.05, 0.1) is 6.04 Å². The molecule has 0 aliphatic heterocycles. The van der Waals surface area contributed by atoms with E-state index in [2.05, 4.69) is 37.4 Å². The standard InChI is InChI=1S/C22H29NO2/c1-7-20(25-21-10-8-9-15(3)17(21)5)22(24)23-18(6)19-12-11-14(2)13-16(19)4/h8-13,18,20H,7H2,1-6H3,(H,23,24)/t18-,20+/m0/s1. The molecule has 0 radical (unpaired) electrons. The molecule has 0 saturated carbocycles. The first-order valence-electron chi connectivity index (χ1n) is 8.93. The minimum Gasteiger partial charge on any atom is -0.480 e. The Morgan fingerprint density at radius 1 is 1.08 bits per heavy atom. The summed E-state index contributed by atoms with van der Waals surface area (Å²) in [6, 6.07) is 12.2. The van der Waals surface area contributed by atoms with Gasteiger partial charge in [-0.05, 0) is 69.4 Å². The van der Waals surface area contributed by atoms with E-state index in [1.165, 1.54) is 11.1 Å². The molecule has 3 heteroatoms. The maximum absolute atomic E-state index is 12.7. The number of rotatable bonds is 6. The van der Waals surface area contributed by atoms with Crippen molar-refractivity contribution in [3.63, 3.8) is 0 Å². The number of aryl methyl sites for hydroxylation is 3. The number of hydrogen-bond donors (Lipinski definition) is 1. The fraction of sp³-hybridized carbons (Fsp3) is 0.409. The van der Waals surface area contributed by atoms with Crippen LogP contribution in [0.5, 0.6) is 5.75 Å². The third kappa shape index (κ3) is 4.62. The Morgan fingerprint density at radius 3 is 2.44 bits per heavy atom. The predicted molar refractivity (Wildman–Crippen MR) is 103 cm³/mol. The van der Waals surface area contributed by atoms with Gasteiger partial charge in [-0.1, -0.05) is 42.8 Å². The number of nitrogens with one attached hydrogen (secondary N) is 1. The van der Waals surface area contributed by atoms with Crippen LogP contribution in [0.25, 0.3) is 0 Å². The van der Waals surface area contributed by atoms with E-state index < -0.39 is 6.10 Å². The van der Waals surface area contributed by atoms with Crippen LogP contribution < -0.4 is 10.1 Å². The van der Waals surface area contributed by atoms with Crippen molar-refractivity contribution < 1.29 is 9.53 Å². The van der Waals surface area contributed by atoms with Gasteiger partial charge in [-0.3, -0.25) is 4.79 Å². The van der Waals surface area contributed by atoms with Gasteiger partial charge in [0.25, 0.3) is 5.91 Å². The molecule has 3 nitrogen and oxygen atoms in total. The van der Waals surface area contributed by atoms with E-state index in [0.29, 0.717) is 6.42 Å². The summed E-state index contributed by atoms with van der Waals surface area (Å²) in [4.78, 5) is 12.7. The SMILES string of the molecule is CC[C@@H](Oc1cccc(C)c1C)C(=O)N[C@@H](C)c1ccc(C)cc1C. The van der Waals surface area contributed by atoms with Crippen LogP contribution in [0.1, 0.15) is 54.1 Å². The van der Waals surface area contributed by atoms with E-state index in [-0.39, 0.29) is 11.9 Å². The summed E-state index contributed by atoms with van der Waals surface area (Å²) in [6.07, 6.45) is 0.132. The van der Waals surface area contributed by atoms with Crippen molar-refractivity contribution in [2.75, 3.05) is 0 Å². The van der Waals surface area contributed by atoms with E-state index in [9.17, 15) is 4.79 Å². The molecule has 0 aliphatic carbocycles. The predicted octanol–water partition coefficient (Wildman–Crippen LogP) is 4.96. The highest BCUT2D eigenvalue weighted by atomic mass is 16.5. The number of amides is 1. The molecule has 0 aromatic heterocycles. The zero-order valence-corrected chi connectivity index (χ0v) is 16.1. The Labute approximate surface area is 151 Å². The summed E-state index contributed by atoms with van der Waals surface area (Å²) in [7, 11) is 0. The van der Waals surface area contributed by atoms with Gasteiger partial charge in [0.2, 0.25) is 0 Å². The summed E-state index contributed by atoms with van der Waals surface area (Å²) in [5.74, 6) is 0.706. The van der Waals surface area contributed by atoms with E-state index in [0.717, 1.165) is 22.4 Å². The molecule has 0 unspecified atom stereocenters. The summed E-state index contributed by atoms with van der Waals surface area (Å²) in [5.41, 5.74) is 5.80. The van der Waals surface area contributed by atoms with Crippen LogP contribution in [0.4, 0.5) is 0 Å². The molecule has 0 bridgehead atoms. The molecule has 2 aromatic rings. The summed E-state index contributed by atoms with van der Waals surface area (Å²) in [5, 5.41) is 3.10. The Bertz CT molecular complexity index is 752. The molecule has 0 saturated heterocycles. The molecular weight excluding hydrogens is 310 g/mol. The van der Waals surface area contributed by atoms with Crippen molar-refractivity contribution in [2.24, 2.45) is 0 Å². The van der Waals surface area contributed by atoms with Crippen molar-refractivity contribution in [1.29, 1.82) is 0 Å². The first kappa shape index (κ1) is 19.0. The van der Waals surface area contributed by atoms with E-state index in [1.807, 2.05) is 45.9 Å². The van der Waals surface area contributed by atoms with Gasteiger partial charge in [-0.25, -0.2) is 0 Å². The van der Waals surface area contributed by atoms with Crippen molar-refractivity contribution in [3.05, 3.63) is 64.2 Å². The van der Waals surface area contributed by atoms with Gasteiger partial charge in [0.1, 0.15) is 5.75 Å². The number of ether oxygens (including phenoxy) is 1. The van der Waals surface area contributed by atoms with Crippen LogP contribution in [-0.4, -0.2) is 12.0 Å². The summed E-state index contributed by atoms with van der Waals surface area (Å²) < 4.78 is 6.01. The Morgan fingerprint density at radius 2 is 1.80 bits per heavy atom. The number of benzene rings is 2. The maximum Gasteiger partial charge on any atom is 0.261 e. The lowest BCUT2D eigenvalue weighted by Gasteiger charge is -2.23. The third-order valence-electron chi connectivity index (χ3n) is 4.74.